The number of pyridine rings is 1. The molecule has 0 spiro atoms. The van der Waals surface area contributed by atoms with Gasteiger partial charge in [0.1, 0.15) is 11.3 Å². The van der Waals surface area contributed by atoms with Gasteiger partial charge in [0.15, 0.2) is 0 Å². The van der Waals surface area contributed by atoms with Crippen molar-refractivity contribution in [2.24, 2.45) is 10.8 Å². The minimum Gasteiger partial charge on any atom is -0.507 e. The minimum atomic E-state index is -0.429. The highest BCUT2D eigenvalue weighted by atomic mass is 16.4. The van der Waals surface area contributed by atoms with E-state index < -0.39 is 5.63 Å². The molecule has 3 aromatic rings. The van der Waals surface area contributed by atoms with E-state index in [1.54, 1.807) is 24.4 Å². The van der Waals surface area contributed by atoms with E-state index in [4.69, 9.17) is 4.42 Å². The molecule has 5 rings (SSSR count). The predicted molar refractivity (Wildman–Crippen MR) is 117 cm³/mol. The molecule has 0 unspecified atom stereocenters. The molecule has 1 aromatic carbocycles. The summed E-state index contributed by atoms with van der Waals surface area (Å²) in [5.41, 5.74) is 2.41. The van der Waals surface area contributed by atoms with Crippen LogP contribution >= 0.6 is 0 Å². The summed E-state index contributed by atoms with van der Waals surface area (Å²) in [6.07, 6.45) is 5.23. The second-order valence-corrected chi connectivity index (χ2v) is 10.3. The zero-order valence-electron chi connectivity index (χ0n) is 17.8. The molecule has 5 heteroatoms. The van der Waals surface area contributed by atoms with Crippen LogP contribution in [-0.4, -0.2) is 27.6 Å². The van der Waals surface area contributed by atoms with E-state index in [0.29, 0.717) is 45.8 Å². The molecule has 0 radical (unpaired) electrons. The number of fused-ring (bicyclic) bond motifs is 3. The molecule has 1 aliphatic carbocycles. The Kier molecular flexibility index (Phi) is 4.30. The molecule has 156 valence electrons. The van der Waals surface area contributed by atoms with Crippen molar-refractivity contribution in [1.29, 1.82) is 0 Å². The van der Waals surface area contributed by atoms with Crippen LogP contribution < -0.4 is 5.63 Å². The van der Waals surface area contributed by atoms with E-state index in [2.05, 4.69) is 30.7 Å². The van der Waals surface area contributed by atoms with Crippen molar-refractivity contribution in [3.8, 4) is 17.0 Å². The fourth-order valence-corrected chi connectivity index (χ4v) is 6.05. The van der Waals surface area contributed by atoms with E-state index in [9.17, 15) is 9.90 Å². The number of likely N-dealkylation sites (tertiary alicyclic amines) is 1. The number of hydrogen-bond donors (Lipinski definition) is 1. The first kappa shape index (κ1) is 19.3. The van der Waals surface area contributed by atoms with Crippen LogP contribution in [0.5, 0.6) is 5.75 Å². The molecule has 30 heavy (non-hydrogen) atoms. The van der Waals surface area contributed by atoms with E-state index in [1.165, 1.54) is 12.8 Å². The lowest BCUT2D eigenvalue weighted by Crippen LogP contribution is -2.34. The molecule has 3 heterocycles. The molecule has 0 amide bonds. The second kappa shape index (κ2) is 6.67. The lowest BCUT2D eigenvalue weighted by Gasteiger charge is -2.40. The smallest absolute Gasteiger partial charge is 0.345 e. The molecule has 1 aliphatic heterocycles. The quantitative estimate of drug-likeness (QED) is 0.625. The van der Waals surface area contributed by atoms with Gasteiger partial charge in [-0.25, -0.2) is 4.79 Å². The normalized spacial score (nSPS) is 25.6. The van der Waals surface area contributed by atoms with Crippen LogP contribution in [0.4, 0.5) is 0 Å². The average molecular weight is 405 g/mol. The van der Waals surface area contributed by atoms with Crippen molar-refractivity contribution in [3.05, 3.63) is 58.6 Å². The lowest BCUT2D eigenvalue weighted by molar-refractivity contribution is 0.126. The van der Waals surface area contributed by atoms with Gasteiger partial charge in [0.05, 0.1) is 16.8 Å². The summed E-state index contributed by atoms with van der Waals surface area (Å²) in [6.45, 7) is 8.69. The van der Waals surface area contributed by atoms with Crippen LogP contribution in [0.25, 0.3) is 22.2 Å². The molecule has 5 nitrogen and oxygen atoms in total. The number of aromatic hydroxyl groups is 1. The summed E-state index contributed by atoms with van der Waals surface area (Å²) in [6, 6.07) is 11.3. The molecular formula is C25H28N2O3. The van der Waals surface area contributed by atoms with Gasteiger partial charge in [-0.15, -0.1) is 0 Å². The van der Waals surface area contributed by atoms with Gasteiger partial charge in [-0.3, -0.25) is 9.88 Å². The fourth-order valence-electron chi connectivity index (χ4n) is 6.05. The number of benzene rings is 1. The Morgan fingerprint density at radius 1 is 1.20 bits per heavy atom. The predicted octanol–water partition coefficient (Wildman–Crippen LogP) is 4.96. The van der Waals surface area contributed by atoms with Crippen LogP contribution in [-0.2, 0) is 6.54 Å². The maximum absolute atomic E-state index is 12.8. The minimum absolute atomic E-state index is 0.182. The Morgan fingerprint density at radius 2 is 2.03 bits per heavy atom. The lowest BCUT2D eigenvalue weighted by atomic mass is 9.65. The standard InChI is InChI=1S/C25H28N2O3/c1-24(2)11-17-12-25(3,14-24)15-27(17)13-19-21(28)8-7-16-10-18(23(29)30-22(16)19)20-6-4-5-9-26-20/h4-10,17,28H,11-15H2,1-3H3/t17-,25-/m1/s1. The van der Waals surface area contributed by atoms with Gasteiger partial charge in [0, 0.05) is 30.7 Å². The largest absolute Gasteiger partial charge is 0.507 e. The van der Waals surface area contributed by atoms with Crippen molar-refractivity contribution in [3.63, 3.8) is 0 Å². The van der Waals surface area contributed by atoms with E-state index in [0.717, 1.165) is 18.4 Å². The highest BCUT2D eigenvalue weighted by Gasteiger charge is 2.49. The third-order valence-corrected chi connectivity index (χ3v) is 6.81. The van der Waals surface area contributed by atoms with Crippen molar-refractivity contribution in [2.75, 3.05) is 6.54 Å². The highest BCUT2D eigenvalue weighted by molar-refractivity contribution is 5.85. The molecule has 2 bridgehead atoms. The van der Waals surface area contributed by atoms with Gasteiger partial charge in [-0.2, -0.15) is 0 Å². The number of phenolic OH excluding ortho intramolecular Hbond substituents is 1. The summed E-state index contributed by atoms with van der Waals surface area (Å²) >= 11 is 0. The summed E-state index contributed by atoms with van der Waals surface area (Å²) in [5.74, 6) is 0.182. The zero-order chi connectivity index (χ0) is 21.1. The molecule has 2 atom stereocenters. The van der Waals surface area contributed by atoms with Crippen LogP contribution in [0.3, 0.4) is 0 Å². The first-order valence-electron chi connectivity index (χ1n) is 10.7. The van der Waals surface area contributed by atoms with Crippen LogP contribution in [0.2, 0.25) is 0 Å². The van der Waals surface area contributed by atoms with E-state index >= 15 is 0 Å². The first-order chi connectivity index (χ1) is 14.2. The third-order valence-electron chi connectivity index (χ3n) is 6.81. The Labute approximate surface area is 176 Å². The third kappa shape index (κ3) is 3.31. The highest BCUT2D eigenvalue weighted by Crippen LogP contribution is 2.53. The van der Waals surface area contributed by atoms with Gasteiger partial charge >= 0.3 is 5.63 Å². The van der Waals surface area contributed by atoms with Crippen molar-refractivity contribution >= 4 is 11.0 Å². The molecule has 1 saturated heterocycles. The molecule has 2 aliphatic rings. The van der Waals surface area contributed by atoms with Crippen LogP contribution in [0.15, 0.2) is 51.8 Å². The molecule has 2 fully saturated rings. The van der Waals surface area contributed by atoms with Gasteiger partial charge in [0.2, 0.25) is 0 Å². The maximum Gasteiger partial charge on any atom is 0.345 e. The Bertz CT molecular complexity index is 1170. The first-order valence-corrected chi connectivity index (χ1v) is 10.7. The Balaban J connectivity index is 1.55. The Hall–Kier alpha value is -2.66. The van der Waals surface area contributed by atoms with E-state index in [-0.39, 0.29) is 5.75 Å². The summed E-state index contributed by atoms with van der Waals surface area (Å²) in [4.78, 5) is 19.5. The summed E-state index contributed by atoms with van der Waals surface area (Å²) in [5, 5.41) is 11.5. The van der Waals surface area contributed by atoms with Gasteiger partial charge in [0.25, 0.3) is 0 Å². The number of hydrogen-bond acceptors (Lipinski definition) is 5. The van der Waals surface area contributed by atoms with Gasteiger partial charge in [-0.05, 0) is 60.4 Å². The van der Waals surface area contributed by atoms with Crippen molar-refractivity contribution in [1.82, 2.24) is 9.88 Å². The topological polar surface area (TPSA) is 66.6 Å². The second-order valence-electron chi connectivity index (χ2n) is 10.3. The fraction of sp³-hybridized carbons (Fsp3) is 0.440. The average Bonchev–Trinajstić information content (AvgIpc) is 2.92. The number of phenols is 1. The number of aromatic nitrogens is 1. The Morgan fingerprint density at radius 3 is 2.80 bits per heavy atom. The van der Waals surface area contributed by atoms with Gasteiger partial charge in [-0.1, -0.05) is 26.8 Å². The maximum atomic E-state index is 12.8. The zero-order valence-corrected chi connectivity index (χ0v) is 17.8. The number of rotatable bonds is 3. The summed E-state index contributed by atoms with van der Waals surface area (Å²) < 4.78 is 5.76. The SMILES string of the molecule is CC1(C)C[C@@H]2C[C@@](C)(CN2Cc2c(O)ccc3cc(-c4ccccn4)c(=O)oc23)C1. The molecule has 1 N–H and O–H groups in total. The van der Waals surface area contributed by atoms with Crippen molar-refractivity contribution < 1.29 is 9.52 Å². The van der Waals surface area contributed by atoms with Crippen molar-refractivity contribution in [2.45, 2.75) is 52.6 Å². The number of nitrogens with zero attached hydrogens (tertiary/aromatic N) is 2. The van der Waals surface area contributed by atoms with E-state index in [1.807, 2.05) is 18.2 Å². The van der Waals surface area contributed by atoms with Crippen LogP contribution in [0, 0.1) is 10.8 Å². The molecule has 2 aromatic heterocycles. The molecule has 1 saturated carbocycles. The monoisotopic (exact) mass is 404 g/mol. The molecular weight excluding hydrogens is 376 g/mol. The summed E-state index contributed by atoms with van der Waals surface area (Å²) in [7, 11) is 0. The van der Waals surface area contributed by atoms with Crippen LogP contribution in [0.1, 0.15) is 45.6 Å². The van der Waals surface area contributed by atoms with Gasteiger partial charge < -0.3 is 9.52 Å².